The highest BCUT2D eigenvalue weighted by molar-refractivity contribution is 9.10. The third-order valence-corrected chi connectivity index (χ3v) is 4.17. The van der Waals surface area contributed by atoms with Gasteiger partial charge in [0.15, 0.2) is 0 Å². The molecule has 0 spiro atoms. The van der Waals surface area contributed by atoms with Gasteiger partial charge in [0.1, 0.15) is 5.84 Å². The van der Waals surface area contributed by atoms with Crippen LogP contribution in [0.1, 0.15) is 28.8 Å². The number of carbonyl (C=O) groups excluding carboxylic acids is 1. The molecule has 1 aliphatic rings. The van der Waals surface area contributed by atoms with E-state index in [9.17, 15) is 4.79 Å². The Bertz CT molecular complexity index is 545. The number of amidine groups is 1. The lowest BCUT2D eigenvalue weighted by molar-refractivity contribution is 0.0700. The number of oxime groups is 1. The molecule has 0 bridgehead atoms. The fraction of sp³-hybridized carbons (Fsp3) is 0.429. The predicted octanol–water partition coefficient (Wildman–Crippen LogP) is 2.36. The van der Waals surface area contributed by atoms with Crippen LogP contribution in [0.4, 0.5) is 0 Å². The maximum atomic E-state index is 12.6. The summed E-state index contributed by atoms with van der Waals surface area (Å²) in [5, 5.41) is 11.8. The minimum Gasteiger partial charge on any atom is -0.409 e. The number of carbonyl (C=O) groups is 1. The second-order valence-corrected chi connectivity index (χ2v) is 5.99. The van der Waals surface area contributed by atoms with Crippen molar-refractivity contribution in [3.05, 3.63) is 33.8 Å². The fourth-order valence-electron chi connectivity index (χ4n) is 2.48. The molecule has 108 valence electrons. The lowest BCUT2D eigenvalue weighted by atomic mass is 9.96. The number of aryl methyl sites for hydroxylation is 1. The summed E-state index contributed by atoms with van der Waals surface area (Å²) in [5.74, 6) is 0.137. The first-order valence-electron chi connectivity index (χ1n) is 6.55. The van der Waals surface area contributed by atoms with Crippen LogP contribution in [-0.4, -0.2) is 34.9 Å². The van der Waals surface area contributed by atoms with E-state index in [1.165, 1.54) is 0 Å². The molecule has 20 heavy (non-hydrogen) atoms. The fourth-order valence-corrected chi connectivity index (χ4v) is 2.84. The van der Waals surface area contributed by atoms with Gasteiger partial charge < -0.3 is 15.8 Å². The van der Waals surface area contributed by atoms with Crippen LogP contribution in [0.3, 0.4) is 0 Å². The molecule has 1 saturated heterocycles. The third kappa shape index (κ3) is 3.12. The Kier molecular flexibility index (Phi) is 4.65. The molecular weight excluding hydrogens is 322 g/mol. The zero-order valence-electron chi connectivity index (χ0n) is 11.3. The maximum absolute atomic E-state index is 12.6. The Labute approximate surface area is 126 Å². The molecule has 0 aliphatic carbocycles. The Morgan fingerprint density at radius 3 is 3.00 bits per heavy atom. The second-order valence-electron chi connectivity index (χ2n) is 5.07. The number of hydrogen-bond acceptors (Lipinski definition) is 3. The van der Waals surface area contributed by atoms with Crippen molar-refractivity contribution >= 4 is 27.7 Å². The quantitative estimate of drug-likeness (QED) is 0.375. The van der Waals surface area contributed by atoms with Gasteiger partial charge in [0.25, 0.3) is 5.91 Å². The number of nitrogens with two attached hydrogens (primary N) is 1. The number of hydrogen-bond donors (Lipinski definition) is 2. The number of nitrogens with zero attached hydrogens (tertiary/aromatic N) is 2. The van der Waals surface area contributed by atoms with Crippen LogP contribution in [0.2, 0.25) is 0 Å². The molecule has 1 unspecified atom stereocenters. The van der Waals surface area contributed by atoms with E-state index in [1.807, 2.05) is 25.1 Å². The maximum Gasteiger partial charge on any atom is 0.254 e. The van der Waals surface area contributed by atoms with E-state index >= 15 is 0 Å². The lowest BCUT2D eigenvalue weighted by Crippen LogP contribution is -2.44. The van der Waals surface area contributed by atoms with Gasteiger partial charge in [-0.1, -0.05) is 27.2 Å². The normalized spacial score (nSPS) is 20.0. The van der Waals surface area contributed by atoms with Crippen molar-refractivity contribution in [1.29, 1.82) is 0 Å². The van der Waals surface area contributed by atoms with Crippen LogP contribution in [0.15, 0.2) is 27.8 Å². The first-order chi connectivity index (χ1) is 9.52. The van der Waals surface area contributed by atoms with E-state index in [0.29, 0.717) is 18.7 Å². The van der Waals surface area contributed by atoms with Gasteiger partial charge >= 0.3 is 0 Å². The van der Waals surface area contributed by atoms with Crippen LogP contribution < -0.4 is 5.73 Å². The van der Waals surface area contributed by atoms with Crippen molar-refractivity contribution in [3.63, 3.8) is 0 Å². The number of rotatable bonds is 2. The minimum atomic E-state index is -0.0647. The van der Waals surface area contributed by atoms with E-state index in [1.54, 1.807) is 4.90 Å². The molecule has 0 radical (unpaired) electrons. The zero-order chi connectivity index (χ0) is 14.7. The van der Waals surface area contributed by atoms with Crippen molar-refractivity contribution in [2.45, 2.75) is 19.8 Å². The molecular formula is C14H18BrN3O2. The van der Waals surface area contributed by atoms with Crippen LogP contribution >= 0.6 is 15.9 Å². The van der Waals surface area contributed by atoms with E-state index in [0.717, 1.165) is 22.9 Å². The standard InChI is InChI=1S/C14H18BrN3O2/c1-9-4-5-11(15)7-12(9)14(19)18-6-2-3-10(8-18)13(16)17-20/h4-5,7,10,20H,2-3,6,8H2,1H3,(H2,16,17). The summed E-state index contributed by atoms with van der Waals surface area (Å²) in [6, 6.07) is 5.68. The van der Waals surface area contributed by atoms with Gasteiger partial charge in [-0.05, 0) is 37.5 Å². The topological polar surface area (TPSA) is 78.9 Å². The predicted molar refractivity (Wildman–Crippen MR) is 80.9 cm³/mol. The molecule has 1 aromatic carbocycles. The van der Waals surface area contributed by atoms with Gasteiger partial charge in [-0.15, -0.1) is 0 Å². The zero-order valence-corrected chi connectivity index (χ0v) is 12.9. The second kappa shape index (κ2) is 6.26. The van der Waals surface area contributed by atoms with Crippen molar-refractivity contribution < 1.29 is 10.0 Å². The Morgan fingerprint density at radius 2 is 2.30 bits per heavy atom. The highest BCUT2D eigenvalue weighted by atomic mass is 79.9. The lowest BCUT2D eigenvalue weighted by Gasteiger charge is -2.32. The molecule has 1 aliphatic heterocycles. The van der Waals surface area contributed by atoms with Crippen LogP contribution in [0.25, 0.3) is 0 Å². The SMILES string of the molecule is Cc1ccc(Br)cc1C(=O)N1CCCC(C(N)=NO)C1. The highest BCUT2D eigenvalue weighted by Gasteiger charge is 2.27. The van der Waals surface area contributed by atoms with Crippen LogP contribution in [0.5, 0.6) is 0 Å². The van der Waals surface area contributed by atoms with Gasteiger partial charge in [0.2, 0.25) is 0 Å². The summed E-state index contributed by atoms with van der Waals surface area (Å²) >= 11 is 3.39. The van der Waals surface area contributed by atoms with E-state index < -0.39 is 0 Å². The summed E-state index contributed by atoms with van der Waals surface area (Å²) in [6.07, 6.45) is 1.71. The molecule has 0 saturated carbocycles. The number of likely N-dealkylation sites (tertiary alicyclic amines) is 1. The van der Waals surface area contributed by atoms with E-state index in [2.05, 4.69) is 21.1 Å². The highest BCUT2D eigenvalue weighted by Crippen LogP contribution is 2.22. The summed E-state index contributed by atoms with van der Waals surface area (Å²) in [4.78, 5) is 14.4. The van der Waals surface area contributed by atoms with Crippen molar-refractivity contribution in [3.8, 4) is 0 Å². The van der Waals surface area contributed by atoms with E-state index in [-0.39, 0.29) is 17.7 Å². The molecule has 6 heteroatoms. The molecule has 0 aromatic heterocycles. The van der Waals surface area contributed by atoms with Crippen molar-refractivity contribution in [1.82, 2.24) is 4.90 Å². The van der Waals surface area contributed by atoms with Crippen molar-refractivity contribution in [2.75, 3.05) is 13.1 Å². The average molecular weight is 340 g/mol. The summed E-state index contributed by atoms with van der Waals surface area (Å²) in [7, 11) is 0. The molecule has 1 aromatic rings. The van der Waals surface area contributed by atoms with Gasteiger partial charge in [-0.25, -0.2) is 0 Å². The van der Waals surface area contributed by atoms with Gasteiger partial charge in [-0.3, -0.25) is 4.79 Å². The first-order valence-corrected chi connectivity index (χ1v) is 7.35. The van der Waals surface area contributed by atoms with Crippen LogP contribution in [-0.2, 0) is 0 Å². The first kappa shape index (κ1) is 14.8. The molecule has 1 fully saturated rings. The monoisotopic (exact) mass is 339 g/mol. The number of benzene rings is 1. The number of piperidine rings is 1. The molecule has 1 heterocycles. The molecule has 5 nitrogen and oxygen atoms in total. The molecule has 3 N–H and O–H groups in total. The molecule has 2 rings (SSSR count). The van der Waals surface area contributed by atoms with Gasteiger partial charge in [-0.2, -0.15) is 0 Å². The Balaban J connectivity index is 2.18. The van der Waals surface area contributed by atoms with E-state index in [4.69, 9.17) is 10.9 Å². The Hall–Kier alpha value is -1.56. The molecule has 1 amide bonds. The minimum absolute atomic E-state index is 0.000704. The molecule has 1 atom stereocenters. The average Bonchev–Trinajstić information content (AvgIpc) is 2.48. The third-order valence-electron chi connectivity index (χ3n) is 3.67. The number of amides is 1. The summed E-state index contributed by atoms with van der Waals surface area (Å²) < 4.78 is 0.886. The summed E-state index contributed by atoms with van der Waals surface area (Å²) in [6.45, 7) is 3.13. The smallest absolute Gasteiger partial charge is 0.254 e. The van der Waals surface area contributed by atoms with Gasteiger partial charge in [0, 0.05) is 29.0 Å². The van der Waals surface area contributed by atoms with Gasteiger partial charge in [0.05, 0.1) is 0 Å². The largest absolute Gasteiger partial charge is 0.409 e. The van der Waals surface area contributed by atoms with Crippen molar-refractivity contribution in [2.24, 2.45) is 16.8 Å². The van der Waals surface area contributed by atoms with Crippen LogP contribution in [0, 0.1) is 12.8 Å². The summed E-state index contributed by atoms with van der Waals surface area (Å²) in [5.41, 5.74) is 7.30. The Morgan fingerprint density at radius 1 is 1.55 bits per heavy atom. The number of halogens is 1.